The smallest absolute Gasteiger partial charge is 0.287 e. The summed E-state index contributed by atoms with van der Waals surface area (Å²) in [7, 11) is 0. The SMILES string of the molecule is CCCCCC1CCC(C2CCC(c3ccc(C(=O)C(C)(F)F)cc3)CC2)CC1. The molecule has 29 heavy (non-hydrogen) atoms. The van der Waals surface area contributed by atoms with E-state index in [1.54, 1.807) is 12.1 Å². The van der Waals surface area contributed by atoms with E-state index in [9.17, 15) is 13.6 Å². The van der Waals surface area contributed by atoms with E-state index in [1.807, 2.05) is 12.1 Å². The molecule has 0 aliphatic heterocycles. The third kappa shape index (κ3) is 6.12. The summed E-state index contributed by atoms with van der Waals surface area (Å²) < 4.78 is 26.5. The van der Waals surface area contributed by atoms with Gasteiger partial charge >= 0.3 is 5.92 Å². The van der Waals surface area contributed by atoms with Gasteiger partial charge in [0.2, 0.25) is 5.78 Å². The number of alkyl halides is 2. The van der Waals surface area contributed by atoms with Crippen molar-refractivity contribution in [3.8, 4) is 0 Å². The second kappa shape index (κ2) is 10.2. The second-order valence-corrected chi connectivity index (χ2v) is 9.73. The molecule has 0 atom stereocenters. The minimum absolute atomic E-state index is 0.116. The van der Waals surface area contributed by atoms with Crippen LogP contribution in [0, 0.1) is 17.8 Å². The highest BCUT2D eigenvalue weighted by Gasteiger charge is 2.34. The van der Waals surface area contributed by atoms with Crippen molar-refractivity contribution in [1.82, 2.24) is 0 Å². The Bertz CT molecular complexity index is 630. The van der Waals surface area contributed by atoms with E-state index >= 15 is 0 Å². The average molecular weight is 405 g/mol. The molecule has 0 spiro atoms. The van der Waals surface area contributed by atoms with Crippen LogP contribution in [0.5, 0.6) is 0 Å². The molecule has 0 amide bonds. The third-order valence-electron chi connectivity index (χ3n) is 7.59. The van der Waals surface area contributed by atoms with E-state index in [0.29, 0.717) is 12.8 Å². The Labute approximate surface area is 175 Å². The Balaban J connectivity index is 1.44. The van der Waals surface area contributed by atoms with Crippen molar-refractivity contribution in [1.29, 1.82) is 0 Å². The minimum atomic E-state index is -3.30. The van der Waals surface area contributed by atoms with Crippen LogP contribution in [-0.2, 0) is 0 Å². The first-order chi connectivity index (χ1) is 13.9. The molecule has 1 aromatic carbocycles. The van der Waals surface area contributed by atoms with Gasteiger partial charge < -0.3 is 0 Å². The predicted molar refractivity (Wildman–Crippen MR) is 116 cm³/mol. The third-order valence-corrected chi connectivity index (χ3v) is 7.59. The van der Waals surface area contributed by atoms with E-state index in [-0.39, 0.29) is 5.56 Å². The van der Waals surface area contributed by atoms with Crippen molar-refractivity contribution in [2.45, 2.75) is 103 Å². The summed E-state index contributed by atoms with van der Waals surface area (Å²) in [4.78, 5) is 11.7. The summed E-state index contributed by atoms with van der Waals surface area (Å²) in [6.07, 6.45) is 16.3. The number of carbonyl (C=O) groups excluding carboxylic acids is 1. The molecule has 0 bridgehead atoms. The molecular formula is C26H38F2O. The number of unbranched alkanes of at least 4 members (excludes halogenated alkanes) is 2. The molecule has 0 saturated heterocycles. The van der Waals surface area contributed by atoms with Gasteiger partial charge in [0.1, 0.15) is 0 Å². The second-order valence-electron chi connectivity index (χ2n) is 9.73. The van der Waals surface area contributed by atoms with Crippen molar-refractivity contribution in [3.63, 3.8) is 0 Å². The quantitative estimate of drug-likeness (QED) is 0.315. The zero-order valence-electron chi connectivity index (χ0n) is 18.3. The maximum absolute atomic E-state index is 13.2. The zero-order chi connectivity index (χ0) is 20.9. The highest BCUT2D eigenvalue weighted by Crippen LogP contribution is 2.44. The molecule has 162 valence electrons. The maximum Gasteiger partial charge on any atom is 0.307 e. The monoisotopic (exact) mass is 404 g/mol. The highest BCUT2D eigenvalue weighted by molar-refractivity contribution is 6.01. The van der Waals surface area contributed by atoms with Crippen molar-refractivity contribution in [3.05, 3.63) is 35.4 Å². The lowest BCUT2D eigenvalue weighted by molar-refractivity contribution is 0.0221. The number of halogens is 2. The van der Waals surface area contributed by atoms with Gasteiger partial charge in [-0.2, -0.15) is 8.78 Å². The van der Waals surface area contributed by atoms with E-state index in [2.05, 4.69) is 6.92 Å². The standard InChI is InChI=1S/C26H38F2O/c1-3-4-5-6-19-7-9-20(10-8-19)21-11-13-22(14-12-21)23-15-17-24(18-16-23)25(29)26(2,27)28/h15-22H,3-14H2,1-2H3. The normalized spacial score (nSPS) is 28.3. The van der Waals surface area contributed by atoms with Crippen LogP contribution in [0.25, 0.3) is 0 Å². The predicted octanol–water partition coefficient (Wildman–Crippen LogP) is 8.19. The van der Waals surface area contributed by atoms with Gasteiger partial charge in [0.05, 0.1) is 0 Å². The van der Waals surface area contributed by atoms with Crippen LogP contribution < -0.4 is 0 Å². The number of ketones is 1. The first kappa shape index (κ1) is 22.4. The van der Waals surface area contributed by atoms with Gasteiger partial charge in [0, 0.05) is 12.5 Å². The van der Waals surface area contributed by atoms with Gasteiger partial charge in [0.15, 0.2) is 0 Å². The van der Waals surface area contributed by atoms with Gasteiger partial charge in [-0.25, -0.2) is 0 Å². The van der Waals surface area contributed by atoms with Crippen molar-refractivity contribution in [2.75, 3.05) is 0 Å². The number of Topliss-reactive ketones (excluding diaryl/α,β-unsaturated/α-hetero) is 1. The lowest BCUT2D eigenvalue weighted by Gasteiger charge is -2.38. The van der Waals surface area contributed by atoms with Crippen molar-refractivity contribution < 1.29 is 13.6 Å². The molecule has 0 aromatic heterocycles. The Hall–Kier alpha value is -1.25. The molecule has 2 aliphatic carbocycles. The zero-order valence-corrected chi connectivity index (χ0v) is 18.3. The number of carbonyl (C=O) groups is 1. The molecule has 0 heterocycles. The van der Waals surface area contributed by atoms with E-state index < -0.39 is 11.7 Å². The van der Waals surface area contributed by atoms with Gasteiger partial charge in [0.25, 0.3) is 0 Å². The van der Waals surface area contributed by atoms with E-state index in [4.69, 9.17) is 0 Å². The summed E-state index contributed by atoms with van der Waals surface area (Å²) in [5.74, 6) is -1.09. The summed E-state index contributed by atoms with van der Waals surface area (Å²) in [5, 5.41) is 0. The fraction of sp³-hybridized carbons (Fsp3) is 0.731. The molecule has 0 radical (unpaired) electrons. The van der Waals surface area contributed by atoms with Gasteiger partial charge in [-0.3, -0.25) is 4.79 Å². The molecule has 1 aromatic rings. The molecule has 2 fully saturated rings. The van der Waals surface area contributed by atoms with Gasteiger partial charge in [-0.1, -0.05) is 69.7 Å². The summed E-state index contributed by atoms with van der Waals surface area (Å²) >= 11 is 0. The van der Waals surface area contributed by atoms with Crippen LogP contribution in [0.1, 0.15) is 113 Å². The topological polar surface area (TPSA) is 17.1 Å². The lowest BCUT2D eigenvalue weighted by Crippen LogP contribution is -2.25. The largest absolute Gasteiger partial charge is 0.307 e. The van der Waals surface area contributed by atoms with Crippen LogP contribution in [0.4, 0.5) is 8.78 Å². The van der Waals surface area contributed by atoms with Crippen molar-refractivity contribution >= 4 is 5.78 Å². The molecule has 0 unspecified atom stereocenters. The minimum Gasteiger partial charge on any atom is -0.287 e. The Morgan fingerprint density at radius 1 is 0.897 bits per heavy atom. The summed E-state index contributed by atoms with van der Waals surface area (Å²) in [6.45, 7) is 2.95. The van der Waals surface area contributed by atoms with Gasteiger partial charge in [-0.15, -0.1) is 0 Å². The Morgan fingerprint density at radius 3 is 1.97 bits per heavy atom. The molecular weight excluding hydrogens is 366 g/mol. The molecule has 0 N–H and O–H groups in total. The highest BCUT2D eigenvalue weighted by atomic mass is 19.3. The first-order valence-corrected chi connectivity index (χ1v) is 11.9. The molecule has 1 nitrogen and oxygen atoms in total. The molecule has 3 rings (SSSR count). The van der Waals surface area contributed by atoms with Crippen LogP contribution in [0.15, 0.2) is 24.3 Å². The van der Waals surface area contributed by atoms with Gasteiger partial charge in [-0.05, 0) is 67.8 Å². The number of rotatable bonds is 8. The molecule has 3 heteroatoms. The van der Waals surface area contributed by atoms with E-state index in [1.165, 1.54) is 82.6 Å². The van der Waals surface area contributed by atoms with Crippen LogP contribution in [0.3, 0.4) is 0 Å². The fourth-order valence-electron chi connectivity index (χ4n) is 5.72. The Kier molecular flexibility index (Phi) is 7.87. The lowest BCUT2D eigenvalue weighted by atomic mass is 9.68. The van der Waals surface area contributed by atoms with Crippen LogP contribution in [-0.4, -0.2) is 11.7 Å². The number of hydrogen-bond acceptors (Lipinski definition) is 1. The fourth-order valence-corrected chi connectivity index (χ4v) is 5.72. The van der Waals surface area contributed by atoms with E-state index in [0.717, 1.165) is 17.8 Å². The van der Waals surface area contributed by atoms with Crippen LogP contribution in [0.2, 0.25) is 0 Å². The number of hydrogen-bond donors (Lipinski definition) is 0. The summed E-state index contributed by atoms with van der Waals surface area (Å²) in [6, 6.07) is 6.96. The maximum atomic E-state index is 13.2. The Morgan fingerprint density at radius 2 is 1.45 bits per heavy atom. The molecule has 2 aliphatic rings. The van der Waals surface area contributed by atoms with Crippen molar-refractivity contribution in [2.24, 2.45) is 17.8 Å². The van der Waals surface area contributed by atoms with Crippen LogP contribution >= 0.6 is 0 Å². The number of benzene rings is 1. The summed E-state index contributed by atoms with van der Waals surface area (Å²) in [5.41, 5.74) is 1.32. The first-order valence-electron chi connectivity index (χ1n) is 11.9. The molecule has 2 saturated carbocycles. The average Bonchev–Trinajstić information content (AvgIpc) is 2.73.